The van der Waals surface area contributed by atoms with Crippen LogP contribution in [0.3, 0.4) is 0 Å². The molecule has 1 unspecified atom stereocenters. The molecule has 17 N–H and O–H groups in total. The minimum Gasteiger partial charge on any atom is -0.508 e. The van der Waals surface area contributed by atoms with E-state index >= 15 is 0 Å². The summed E-state index contributed by atoms with van der Waals surface area (Å²) in [5.41, 5.74) is 23.8. The van der Waals surface area contributed by atoms with Crippen LogP contribution in [0.2, 0.25) is 0 Å². The van der Waals surface area contributed by atoms with E-state index in [0.717, 1.165) is 6.42 Å². The second-order valence-corrected chi connectivity index (χ2v) is 18.3. The van der Waals surface area contributed by atoms with Gasteiger partial charge in [0, 0.05) is 31.5 Å². The van der Waals surface area contributed by atoms with Gasteiger partial charge in [0.25, 0.3) is 0 Å². The van der Waals surface area contributed by atoms with Gasteiger partial charge in [0.15, 0.2) is 0 Å². The summed E-state index contributed by atoms with van der Waals surface area (Å²) in [6, 6.07) is 3.52. The molecule has 0 heterocycles. The molecule has 0 aliphatic carbocycles. The number of nitrogens with one attached hydrogen (secondary N) is 7. The third-order valence-corrected chi connectivity index (χ3v) is 11.6. The molecule has 0 aromatic heterocycles. The molecule has 0 aliphatic rings. The highest BCUT2D eigenvalue weighted by Gasteiger charge is 2.34. The number of hydrogen-bond donors (Lipinski definition) is 13. The van der Waals surface area contributed by atoms with E-state index in [4.69, 9.17) is 22.9 Å². The molecule has 10 amide bonds. The molecule has 9 atom stereocenters. The molecule has 0 bridgehead atoms. The van der Waals surface area contributed by atoms with Gasteiger partial charge in [-0.15, -0.1) is 0 Å². The average Bonchev–Trinajstić information content (AvgIpc) is 3.31. The minimum atomic E-state index is -1.69. The number of carbonyl (C=O) groups excluding carboxylic acids is 9. The average molecular weight is 1010 g/mol. The summed E-state index contributed by atoms with van der Waals surface area (Å²) < 4.78 is 0. The quantitative estimate of drug-likeness (QED) is 0.0380. The first-order chi connectivity index (χ1) is 34.0. The normalized spacial score (nSPS) is 14.9. The van der Waals surface area contributed by atoms with Crippen LogP contribution >= 0.6 is 0 Å². The highest BCUT2D eigenvalue weighted by Crippen LogP contribution is 2.14. The van der Waals surface area contributed by atoms with E-state index in [-0.39, 0.29) is 43.5 Å². The Hall–Kier alpha value is -6.85. The maximum Gasteiger partial charge on any atom is 0.315 e. The van der Waals surface area contributed by atoms with Gasteiger partial charge in [-0.1, -0.05) is 68.7 Å². The molecule has 2 aromatic carbocycles. The summed E-state index contributed by atoms with van der Waals surface area (Å²) in [5, 5.41) is 38.0. The van der Waals surface area contributed by atoms with Crippen molar-refractivity contribution in [2.75, 3.05) is 13.1 Å². The van der Waals surface area contributed by atoms with Crippen molar-refractivity contribution < 1.29 is 53.4 Å². The standard InChI is InChI=1S/C49H78N12O11/c1-7-8-17-36(42(53)65)56-47(70)41(31(6)62)60-43(66)30(5)55-44(67)37(25-32-14-10-9-11-15-32)57-46(69)39(27-40(52)64)58-45(68)38(26-33-18-20-34(63)21-19-33)59-49(72)54-29(4)22-24-61(28(2)3)48(71)35(51)16-12-13-23-50/h9-11,14-15,18-21,28-31,35-39,41,62-63H,7-8,12-13,16-17,22-27,50-51H2,1-6H3,(H2,52,64)(H2,53,65)(H,55,67)(H,56,70)(H,57,69)(H,58,68)(H,60,66)(H2,54,59,72)/t29-,30-,31+,35?,36-,37-,38-,39-,41-/m0/s1. The first-order valence-corrected chi connectivity index (χ1v) is 24.4. The molecule has 400 valence electrons. The lowest BCUT2D eigenvalue weighted by atomic mass is 10.0. The molecule has 72 heavy (non-hydrogen) atoms. The Labute approximate surface area is 421 Å². The van der Waals surface area contributed by atoms with Crippen molar-refractivity contribution in [2.45, 2.75) is 166 Å². The van der Waals surface area contributed by atoms with Gasteiger partial charge < -0.3 is 75.3 Å². The molecule has 0 aliphatic heterocycles. The van der Waals surface area contributed by atoms with Crippen molar-refractivity contribution in [1.29, 1.82) is 0 Å². The minimum absolute atomic E-state index is 0.0590. The lowest BCUT2D eigenvalue weighted by Gasteiger charge is -2.31. The summed E-state index contributed by atoms with van der Waals surface area (Å²) in [4.78, 5) is 121. The van der Waals surface area contributed by atoms with Crippen LogP contribution in [0.1, 0.15) is 104 Å². The Kier molecular flexibility index (Phi) is 26.8. The number of primary amides is 2. The molecule has 23 nitrogen and oxygen atoms in total. The number of phenols is 1. The van der Waals surface area contributed by atoms with Crippen molar-refractivity contribution in [1.82, 2.24) is 42.1 Å². The van der Waals surface area contributed by atoms with Gasteiger partial charge in [0.1, 0.15) is 42.0 Å². The number of nitrogens with zero attached hydrogens (tertiary/aromatic N) is 1. The van der Waals surface area contributed by atoms with Crippen LogP contribution in [0.15, 0.2) is 54.6 Å². The van der Waals surface area contributed by atoms with E-state index < -0.39 is 108 Å². The van der Waals surface area contributed by atoms with E-state index in [1.807, 2.05) is 20.8 Å². The van der Waals surface area contributed by atoms with E-state index in [1.165, 1.54) is 38.1 Å². The van der Waals surface area contributed by atoms with E-state index in [9.17, 15) is 53.4 Å². The smallest absolute Gasteiger partial charge is 0.315 e. The zero-order chi connectivity index (χ0) is 54.1. The molecule has 2 rings (SSSR count). The van der Waals surface area contributed by atoms with Crippen molar-refractivity contribution in [3.63, 3.8) is 0 Å². The zero-order valence-electron chi connectivity index (χ0n) is 42.3. The molecule has 23 heteroatoms. The number of rotatable bonds is 32. The molecule has 2 aromatic rings. The summed E-state index contributed by atoms with van der Waals surface area (Å²) in [6.07, 6.45) is 1.24. The summed E-state index contributed by atoms with van der Waals surface area (Å²) in [5.74, 6) is -6.75. The third-order valence-electron chi connectivity index (χ3n) is 11.6. The Balaban J connectivity index is 2.32. The number of nitrogens with two attached hydrogens (primary N) is 4. The predicted octanol–water partition coefficient (Wildman–Crippen LogP) is -1.31. The van der Waals surface area contributed by atoms with Crippen molar-refractivity contribution in [2.24, 2.45) is 22.9 Å². The largest absolute Gasteiger partial charge is 0.508 e. The van der Waals surface area contributed by atoms with Gasteiger partial charge in [0.05, 0.1) is 18.6 Å². The van der Waals surface area contributed by atoms with Crippen LogP contribution in [0.5, 0.6) is 5.75 Å². The number of benzene rings is 2. The second-order valence-electron chi connectivity index (χ2n) is 18.3. The molecule has 0 radical (unpaired) electrons. The number of amides is 10. The lowest BCUT2D eigenvalue weighted by molar-refractivity contribution is -0.136. The van der Waals surface area contributed by atoms with Crippen molar-refractivity contribution in [3.05, 3.63) is 65.7 Å². The van der Waals surface area contributed by atoms with Crippen molar-refractivity contribution >= 4 is 53.3 Å². The first kappa shape index (κ1) is 61.3. The number of aliphatic hydroxyl groups excluding tert-OH is 1. The van der Waals surface area contributed by atoms with Gasteiger partial charge in [0.2, 0.25) is 47.3 Å². The molecular weight excluding hydrogens is 933 g/mol. The fraction of sp³-hybridized carbons (Fsp3) is 0.571. The van der Waals surface area contributed by atoms with E-state index in [0.29, 0.717) is 49.8 Å². The molecule has 0 fully saturated rings. The number of urea groups is 1. The van der Waals surface area contributed by atoms with Crippen LogP contribution in [-0.4, -0.2) is 142 Å². The van der Waals surface area contributed by atoms with E-state index in [2.05, 4.69) is 37.2 Å². The SMILES string of the molecule is CCCC[C@H](NC(=O)[C@@H](NC(=O)[C@H](C)NC(=O)[C@H](Cc1ccccc1)NC(=O)[C@H](CC(N)=O)NC(=O)[C@H](Cc1ccc(O)cc1)NC(=O)N[C@@H](C)CCN(C(=O)C(N)CCCCN)C(C)C)[C@@H](C)O)C(N)=O. The highest BCUT2D eigenvalue weighted by molar-refractivity contribution is 5.98. The zero-order valence-corrected chi connectivity index (χ0v) is 42.3. The maximum absolute atomic E-state index is 14.1. The summed E-state index contributed by atoms with van der Waals surface area (Å²) in [6.45, 7) is 10.6. The van der Waals surface area contributed by atoms with Gasteiger partial charge in [-0.3, -0.25) is 38.4 Å². The van der Waals surface area contributed by atoms with Crippen LogP contribution in [-0.2, 0) is 51.2 Å². The van der Waals surface area contributed by atoms with Gasteiger partial charge in [-0.25, -0.2) is 4.79 Å². The van der Waals surface area contributed by atoms with Crippen LogP contribution < -0.4 is 60.2 Å². The molecule has 0 saturated heterocycles. The fourth-order valence-corrected chi connectivity index (χ4v) is 7.41. The van der Waals surface area contributed by atoms with Gasteiger partial charge in [-0.05, 0) is 90.1 Å². The Morgan fingerprint density at radius 3 is 1.72 bits per heavy atom. The van der Waals surface area contributed by atoms with Crippen molar-refractivity contribution in [3.8, 4) is 5.75 Å². The number of hydrogen-bond acceptors (Lipinski definition) is 13. The molecule has 0 saturated carbocycles. The topological polar surface area (TPSA) is 386 Å². The highest BCUT2D eigenvalue weighted by atomic mass is 16.3. The lowest BCUT2D eigenvalue weighted by Crippen LogP contribution is -2.61. The fourth-order valence-electron chi connectivity index (χ4n) is 7.41. The number of carbonyl (C=O) groups is 9. The number of aliphatic hydroxyl groups is 1. The van der Waals surface area contributed by atoms with Gasteiger partial charge in [-0.2, -0.15) is 0 Å². The predicted molar refractivity (Wildman–Crippen MR) is 269 cm³/mol. The Bertz CT molecular complexity index is 2090. The summed E-state index contributed by atoms with van der Waals surface area (Å²) >= 11 is 0. The molecule has 0 spiro atoms. The number of unbranched alkanes of at least 4 members (excludes halogenated alkanes) is 2. The Morgan fingerprint density at radius 1 is 0.611 bits per heavy atom. The Morgan fingerprint density at radius 2 is 1.17 bits per heavy atom. The van der Waals surface area contributed by atoms with E-state index in [1.54, 1.807) is 42.2 Å². The van der Waals surface area contributed by atoms with Crippen LogP contribution in [0.25, 0.3) is 0 Å². The van der Waals surface area contributed by atoms with Gasteiger partial charge >= 0.3 is 6.03 Å². The maximum atomic E-state index is 14.1. The number of phenolic OH excluding ortho intramolecular Hbond substituents is 1. The van der Waals surface area contributed by atoms with Crippen LogP contribution in [0, 0.1) is 0 Å². The third kappa shape index (κ3) is 22.1. The molecular formula is C49H78N12O11. The monoisotopic (exact) mass is 1010 g/mol. The van der Waals surface area contributed by atoms with Crippen LogP contribution in [0.4, 0.5) is 4.79 Å². The first-order valence-electron chi connectivity index (χ1n) is 24.4. The number of aromatic hydroxyl groups is 1. The summed E-state index contributed by atoms with van der Waals surface area (Å²) in [7, 11) is 0. The second kappa shape index (κ2) is 31.5.